The van der Waals surface area contributed by atoms with Gasteiger partial charge in [0.2, 0.25) is 0 Å². The molecular formula is C16H15ClF2O2S. The van der Waals surface area contributed by atoms with Crippen LogP contribution in [0.15, 0.2) is 42.5 Å². The quantitative estimate of drug-likeness (QED) is 0.794. The fourth-order valence-electron chi connectivity index (χ4n) is 2.18. The van der Waals surface area contributed by atoms with Crippen molar-refractivity contribution < 1.29 is 17.2 Å². The van der Waals surface area contributed by atoms with Crippen molar-refractivity contribution >= 4 is 21.4 Å². The molecule has 0 bridgehead atoms. The van der Waals surface area contributed by atoms with Crippen molar-refractivity contribution in [2.24, 2.45) is 0 Å². The predicted molar refractivity (Wildman–Crippen MR) is 83.6 cm³/mol. The van der Waals surface area contributed by atoms with Crippen molar-refractivity contribution in [3.05, 3.63) is 70.2 Å². The highest BCUT2D eigenvalue weighted by Gasteiger charge is 2.30. The van der Waals surface area contributed by atoms with E-state index in [0.717, 1.165) is 12.1 Å². The zero-order valence-corrected chi connectivity index (χ0v) is 13.6. The molecule has 0 amide bonds. The molecule has 0 heterocycles. The summed E-state index contributed by atoms with van der Waals surface area (Å²) in [6, 6.07) is 9.66. The molecule has 0 aliphatic heterocycles. The third-order valence-corrected chi connectivity index (χ3v) is 6.51. The molecule has 0 fully saturated rings. The van der Waals surface area contributed by atoms with Gasteiger partial charge >= 0.3 is 0 Å². The number of hydrogen-bond acceptors (Lipinski definition) is 2. The summed E-state index contributed by atoms with van der Waals surface area (Å²) in [5.74, 6) is -2.06. The van der Waals surface area contributed by atoms with E-state index in [2.05, 4.69) is 0 Å². The average Bonchev–Trinajstić information content (AvgIpc) is 2.49. The fourth-order valence-corrected chi connectivity index (χ4v) is 3.99. The van der Waals surface area contributed by atoms with E-state index < -0.39 is 32.0 Å². The van der Waals surface area contributed by atoms with Gasteiger partial charge in [-0.25, -0.2) is 17.2 Å². The highest BCUT2D eigenvalue weighted by molar-refractivity contribution is 7.91. The van der Waals surface area contributed by atoms with E-state index in [1.807, 2.05) is 0 Å². The highest BCUT2D eigenvalue weighted by atomic mass is 35.5. The van der Waals surface area contributed by atoms with Crippen LogP contribution in [0.2, 0.25) is 5.02 Å². The highest BCUT2D eigenvalue weighted by Crippen LogP contribution is 2.34. The summed E-state index contributed by atoms with van der Waals surface area (Å²) in [5, 5.41) is -1.22. The van der Waals surface area contributed by atoms with Crippen LogP contribution in [0.25, 0.3) is 0 Å². The zero-order valence-electron chi connectivity index (χ0n) is 12.1. The van der Waals surface area contributed by atoms with Gasteiger partial charge in [0.1, 0.15) is 0 Å². The molecule has 0 aromatic heterocycles. The first-order chi connectivity index (χ1) is 10.2. The van der Waals surface area contributed by atoms with Crippen LogP contribution >= 0.6 is 11.6 Å². The van der Waals surface area contributed by atoms with Crippen molar-refractivity contribution in [2.45, 2.75) is 24.3 Å². The van der Waals surface area contributed by atoms with E-state index in [-0.39, 0.29) is 5.56 Å². The third kappa shape index (κ3) is 3.31. The summed E-state index contributed by atoms with van der Waals surface area (Å²) >= 11 is 5.79. The maximum Gasteiger partial charge on any atom is 0.163 e. The van der Waals surface area contributed by atoms with Gasteiger partial charge in [0.05, 0.1) is 10.5 Å². The Balaban J connectivity index is 2.35. The summed E-state index contributed by atoms with van der Waals surface area (Å²) in [7, 11) is -3.62. The van der Waals surface area contributed by atoms with Crippen LogP contribution in [-0.2, 0) is 9.84 Å². The first-order valence-corrected chi connectivity index (χ1v) is 8.65. The minimum Gasteiger partial charge on any atom is -0.228 e. The van der Waals surface area contributed by atoms with Crippen molar-refractivity contribution in [3.63, 3.8) is 0 Å². The van der Waals surface area contributed by atoms with Crippen molar-refractivity contribution in [1.82, 2.24) is 0 Å². The van der Waals surface area contributed by atoms with Crippen LogP contribution in [0, 0.1) is 11.6 Å². The SMILES string of the molecule is C[C@H](c1ccc(Cl)cc1)S(=O)(=O)[C@@H](C)c1ccc(F)c(F)c1. The molecule has 6 heteroatoms. The van der Waals surface area contributed by atoms with Gasteiger partial charge in [-0.1, -0.05) is 29.8 Å². The Bertz CT molecular complexity index is 773. The van der Waals surface area contributed by atoms with E-state index in [1.165, 1.54) is 13.0 Å². The van der Waals surface area contributed by atoms with Gasteiger partial charge in [-0.3, -0.25) is 0 Å². The molecule has 0 radical (unpaired) electrons. The first-order valence-electron chi connectivity index (χ1n) is 6.66. The van der Waals surface area contributed by atoms with E-state index >= 15 is 0 Å². The van der Waals surface area contributed by atoms with Crippen LogP contribution in [0.5, 0.6) is 0 Å². The van der Waals surface area contributed by atoms with Gasteiger partial charge in [0, 0.05) is 5.02 Å². The lowest BCUT2D eigenvalue weighted by molar-refractivity contribution is 0.506. The minimum atomic E-state index is -3.62. The molecule has 2 atom stereocenters. The molecule has 118 valence electrons. The monoisotopic (exact) mass is 344 g/mol. The second-order valence-corrected chi connectivity index (χ2v) is 8.13. The van der Waals surface area contributed by atoms with Crippen molar-refractivity contribution in [1.29, 1.82) is 0 Å². The van der Waals surface area contributed by atoms with Gasteiger partial charge in [0.15, 0.2) is 21.5 Å². The van der Waals surface area contributed by atoms with Gasteiger partial charge in [-0.2, -0.15) is 0 Å². The zero-order chi connectivity index (χ0) is 16.5. The molecule has 2 aromatic rings. The second-order valence-electron chi connectivity index (χ2n) is 5.10. The number of halogens is 3. The summed E-state index contributed by atoms with van der Waals surface area (Å²) in [6.07, 6.45) is 0. The summed E-state index contributed by atoms with van der Waals surface area (Å²) < 4.78 is 51.6. The van der Waals surface area contributed by atoms with Crippen LogP contribution in [0.1, 0.15) is 35.5 Å². The second kappa shape index (κ2) is 6.34. The molecule has 0 aliphatic rings. The molecular weight excluding hydrogens is 330 g/mol. The lowest BCUT2D eigenvalue weighted by atomic mass is 10.1. The molecule has 22 heavy (non-hydrogen) atoms. The molecule has 0 spiro atoms. The standard InChI is InChI=1S/C16H15ClF2O2S/c1-10(12-3-6-14(17)7-4-12)22(20,21)11(2)13-5-8-15(18)16(19)9-13/h3-11H,1-2H3/t10-,11+/m1/s1. The summed E-state index contributed by atoms with van der Waals surface area (Å²) in [5.41, 5.74) is 0.818. The number of rotatable bonds is 4. The molecule has 0 saturated carbocycles. The largest absolute Gasteiger partial charge is 0.228 e. The molecule has 0 aliphatic carbocycles. The molecule has 2 aromatic carbocycles. The Morgan fingerprint density at radius 2 is 1.36 bits per heavy atom. The van der Waals surface area contributed by atoms with Crippen LogP contribution in [0.4, 0.5) is 8.78 Å². The first kappa shape index (κ1) is 16.9. The Morgan fingerprint density at radius 1 is 0.864 bits per heavy atom. The van der Waals surface area contributed by atoms with Crippen molar-refractivity contribution in [2.75, 3.05) is 0 Å². The molecule has 2 rings (SSSR count). The smallest absolute Gasteiger partial charge is 0.163 e. The maximum atomic E-state index is 13.3. The van der Waals surface area contributed by atoms with Gasteiger partial charge in [0.25, 0.3) is 0 Å². The van der Waals surface area contributed by atoms with Gasteiger partial charge < -0.3 is 0 Å². The van der Waals surface area contributed by atoms with Crippen LogP contribution in [-0.4, -0.2) is 8.42 Å². The fraction of sp³-hybridized carbons (Fsp3) is 0.250. The van der Waals surface area contributed by atoms with E-state index in [1.54, 1.807) is 31.2 Å². The van der Waals surface area contributed by atoms with Crippen molar-refractivity contribution in [3.8, 4) is 0 Å². The Morgan fingerprint density at radius 3 is 1.91 bits per heavy atom. The minimum absolute atomic E-state index is 0.222. The van der Waals surface area contributed by atoms with Gasteiger partial charge in [-0.15, -0.1) is 0 Å². The molecule has 0 saturated heterocycles. The number of sulfone groups is 1. The predicted octanol–water partition coefficient (Wildman–Crippen LogP) is 4.86. The lowest BCUT2D eigenvalue weighted by Crippen LogP contribution is -2.17. The Labute approximate surface area is 133 Å². The van der Waals surface area contributed by atoms with E-state index in [0.29, 0.717) is 10.6 Å². The molecule has 0 N–H and O–H groups in total. The molecule has 0 unspecified atom stereocenters. The lowest BCUT2D eigenvalue weighted by Gasteiger charge is -2.19. The normalized spacial score (nSPS) is 14.6. The number of hydrogen-bond donors (Lipinski definition) is 0. The Kier molecular flexibility index (Phi) is 4.87. The third-order valence-electron chi connectivity index (χ3n) is 3.74. The van der Waals surface area contributed by atoms with Crippen LogP contribution < -0.4 is 0 Å². The Hall–Kier alpha value is -1.46. The number of benzene rings is 2. The van der Waals surface area contributed by atoms with Crippen LogP contribution in [0.3, 0.4) is 0 Å². The van der Waals surface area contributed by atoms with E-state index in [9.17, 15) is 17.2 Å². The van der Waals surface area contributed by atoms with Gasteiger partial charge in [-0.05, 0) is 49.2 Å². The maximum absolute atomic E-state index is 13.3. The molecule has 2 nitrogen and oxygen atoms in total. The average molecular weight is 345 g/mol. The summed E-state index contributed by atoms with van der Waals surface area (Å²) in [6.45, 7) is 3.03. The van der Waals surface area contributed by atoms with E-state index in [4.69, 9.17) is 11.6 Å². The summed E-state index contributed by atoms with van der Waals surface area (Å²) in [4.78, 5) is 0. The topological polar surface area (TPSA) is 34.1 Å².